The summed E-state index contributed by atoms with van der Waals surface area (Å²) in [6.45, 7) is 2.55. The molecule has 2 saturated heterocycles. The Morgan fingerprint density at radius 3 is 3.00 bits per heavy atom. The van der Waals surface area contributed by atoms with Crippen molar-refractivity contribution in [2.75, 3.05) is 20.1 Å². The summed E-state index contributed by atoms with van der Waals surface area (Å²) in [6.07, 6.45) is 5.55. The molecule has 64 valence electrons. The Labute approximate surface area is 69.0 Å². The van der Waals surface area contributed by atoms with Gasteiger partial charge in [-0.25, -0.2) is 0 Å². The highest BCUT2D eigenvalue weighted by Crippen LogP contribution is 2.22. The lowest BCUT2D eigenvalue weighted by atomic mass is 9.90. The number of nitrogens with one attached hydrogen (secondary N) is 1. The molecule has 2 fully saturated rings. The third-order valence-electron chi connectivity index (χ3n) is 3.14. The molecule has 2 nitrogen and oxygen atoms in total. The van der Waals surface area contributed by atoms with Crippen molar-refractivity contribution >= 4 is 0 Å². The third-order valence-corrected chi connectivity index (χ3v) is 3.14. The summed E-state index contributed by atoms with van der Waals surface area (Å²) in [5.74, 6) is 0. The minimum Gasteiger partial charge on any atom is -0.312 e. The average molecular weight is 154 g/mol. The van der Waals surface area contributed by atoms with Crippen LogP contribution >= 0.6 is 0 Å². The zero-order valence-corrected chi connectivity index (χ0v) is 7.34. The highest BCUT2D eigenvalue weighted by atomic mass is 15.2. The van der Waals surface area contributed by atoms with Gasteiger partial charge in [-0.2, -0.15) is 0 Å². The van der Waals surface area contributed by atoms with Gasteiger partial charge >= 0.3 is 0 Å². The molecule has 0 aromatic rings. The van der Waals surface area contributed by atoms with Crippen molar-refractivity contribution in [1.29, 1.82) is 0 Å². The fraction of sp³-hybridized carbons (Fsp3) is 1.00. The van der Waals surface area contributed by atoms with Gasteiger partial charge in [0.2, 0.25) is 0 Å². The minimum absolute atomic E-state index is 0.808. The lowest BCUT2D eigenvalue weighted by Gasteiger charge is -2.42. The molecule has 2 heterocycles. The first kappa shape index (κ1) is 7.56. The summed E-state index contributed by atoms with van der Waals surface area (Å²) in [7, 11) is 2.27. The molecule has 2 rings (SSSR count). The molecule has 11 heavy (non-hydrogen) atoms. The molecule has 0 saturated carbocycles. The summed E-state index contributed by atoms with van der Waals surface area (Å²) in [6, 6.07) is 1.65. The SMILES string of the molecule is CN1CCC[C@@H]2NCCC[C@H]21. The van der Waals surface area contributed by atoms with E-state index in [1.54, 1.807) is 0 Å². The average Bonchev–Trinajstić information content (AvgIpc) is 2.06. The quantitative estimate of drug-likeness (QED) is 0.556. The van der Waals surface area contributed by atoms with Crippen LogP contribution in [0.3, 0.4) is 0 Å². The highest BCUT2D eigenvalue weighted by molar-refractivity contribution is 4.90. The summed E-state index contributed by atoms with van der Waals surface area (Å²) in [5.41, 5.74) is 0. The second kappa shape index (κ2) is 3.11. The van der Waals surface area contributed by atoms with E-state index in [4.69, 9.17) is 0 Å². The maximum Gasteiger partial charge on any atom is 0.0246 e. The van der Waals surface area contributed by atoms with Gasteiger partial charge in [-0.3, -0.25) is 0 Å². The van der Waals surface area contributed by atoms with Crippen molar-refractivity contribution in [2.45, 2.75) is 37.8 Å². The molecule has 2 atom stereocenters. The van der Waals surface area contributed by atoms with E-state index in [0.29, 0.717) is 0 Å². The molecule has 2 aliphatic rings. The summed E-state index contributed by atoms with van der Waals surface area (Å²) in [5, 5.41) is 3.61. The third kappa shape index (κ3) is 1.42. The predicted octanol–water partition coefficient (Wildman–Crippen LogP) is 0.833. The van der Waals surface area contributed by atoms with E-state index in [9.17, 15) is 0 Å². The van der Waals surface area contributed by atoms with E-state index in [1.165, 1.54) is 38.8 Å². The molecule has 0 bridgehead atoms. The Balaban J connectivity index is 1.99. The fourth-order valence-corrected chi connectivity index (χ4v) is 2.48. The van der Waals surface area contributed by atoms with Crippen molar-refractivity contribution in [3.63, 3.8) is 0 Å². The fourth-order valence-electron chi connectivity index (χ4n) is 2.48. The topological polar surface area (TPSA) is 15.3 Å². The molecule has 0 aliphatic carbocycles. The summed E-state index contributed by atoms with van der Waals surface area (Å²) < 4.78 is 0. The number of hydrogen-bond acceptors (Lipinski definition) is 2. The molecule has 0 radical (unpaired) electrons. The van der Waals surface area contributed by atoms with Gasteiger partial charge < -0.3 is 10.2 Å². The van der Waals surface area contributed by atoms with Crippen molar-refractivity contribution in [3.05, 3.63) is 0 Å². The van der Waals surface area contributed by atoms with Gasteiger partial charge in [-0.15, -0.1) is 0 Å². The predicted molar refractivity (Wildman–Crippen MR) is 46.7 cm³/mol. The van der Waals surface area contributed by atoms with Crippen LogP contribution in [0.4, 0.5) is 0 Å². The summed E-state index contributed by atoms with van der Waals surface area (Å²) >= 11 is 0. The van der Waals surface area contributed by atoms with Crippen molar-refractivity contribution in [3.8, 4) is 0 Å². The van der Waals surface area contributed by atoms with Crippen LogP contribution in [0.15, 0.2) is 0 Å². The van der Waals surface area contributed by atoms with E-state index in [2.05, 4.69) is 17.3 Å². The molecule has 2 aliphatic heterocycles. The Hall–Kier alpha value is -0.0800. The van der Waals surface area contributed by atoms with Crippen molar-refractivity contribution in [2.24, 2.45) is 0 Å². The number of piperidine rings is 2. The second-order valence-corrected chi connectivity index (χ2v) is 3.89. The van der Waals surface area contributed by atoms with Crippen LogP contribution in [0.2, 0.25) is 0 Å². The lowest BCUT2D eigenvalue weighted by Crippen LogP contribution is -2.55. The van der Waals surface area contributed by atoms with Crippen LogP contribution in [0.25, 0.3) is 0 Å². The first-order chi connectivity index (χ1) is 5.38. The molecule has 2 heteroatoms. The molecule has 0 spiro atoms. The number of rotatable bonds is 0. The second-order valence-electron chi connectivity index (χ2n) is 3.89. The Morgan fingerprint density at radius 2 is 2.18 bits per heavy atom. The molecule has 0 aromatic heterocycles. The molecular weight excluding hydrogens is 136 g/mol. The number of likely N-dealkylation sites (N-methyl/N-ethyl adjacent to an activating group) is 1. The van der Waals surface area contributed by atoms with Crippen LogP contribution in [0.1, 0.15) is 25.7 Å². The van der Waals surface area contributed by atoms with Gasteiger partial charge in [0.1, 0.15) is 0 Å². The van der Waals surface area contributed by atoms with E-state index < -0.39 is 0 Å². The number of likely N-dealkylation sites (tertiary alicyclic amines) is 1. The Kier molecular flexibility index (Phi) is 2.14. The van der Waals surface area contributed by atoms with Gasteiger partial charge in [0.25, 0.3) is 0 Å². The standard InChI is InChI=1S/C9H18N2/c1-11-7-3-4-8-9(11)5-2-6-10-8/h8-10H,2-7H2,1H3/t8-,9+/m0/s1. The van der Waals surface area contributed by atoms with Crippen LogP contribution in [0, 0.1) is 0 Å². The normalized spacial score (nSPS) is 40.1. The lowest BCUT2D eigenvalue weighted by molar-refractivity contribution is 0.113. The summed E-state index contributed by atoms with van der Waals surface area (Å²) in [4.78, 5) is 2.53. The Bertz CT molecular complexity index is 134. The van der Waals surface area contributed by atoms with E-state index in [1.807, 2.05) is 0 Å². The van der Waals surface area contributed by atoms with E-state index in [-0.39, 0.29) is 0 Å². The number of hydrogen-bond donors (Lipinski definition) is 1. The highest BCUT2D eigenvalue weighted by Gasteiger charge is 2.30. The van der Waals surface area contributed by atoms with Crippen molar-refractivity contribution < 1.29 is 0 Å². The van der Waals surface area contributed by atoms with Gasteiger partial charge in [0.05, 0.1) is 0 Å². The van der Waals surface area contributed by atoms with Gasteiger partial charge in [0, 0.05) is 12.1 Å². The number of fused-ring (bicyclic) bond motifs is 1. The van der Waals surface area contributed by atoms with E-state index in [0.717, 1.165) is 12.1 Å². The molecule has 0 aromatic carbocycles. The van der Waals surface area contributed by atoms with Crippen LogP contribution < -0.4 is 5.32 Å². The minimum atomic E-state index is 0.808. The zero-order chi connectivity index (χ0) is 7.68. The largest absolute Gasteiger partial charge is 0.312 e. The maximum atomic E-state index is 3.61. The molecular formula is C9H18N2. The van der Waals surface area contributed by atoms with Gasteiger partial charge in [-0.1, -0.05) is 0 Å². The molecule has 0 amide bonds. The van der Waals surface area contributed by atoms with Crippen LogP contribution in [-0.4, -0.2) is 37.1 Å². The molecule has 0 unspecified atom stereocenters. The zero-order valence-electron chi connectivity index (χ0n) is 7.34. The van der Waals surface area contributed by atoms with E-state index >= 15 is 0 Å². The first-order valence-corrected chi connectivity index (χ1v) is 4.81. The number of nitrogens with zero attached hydrogens (tertiary/aromatic N) is 1. The monoisotopic (exact) mass is 154 g/mol. The molecule has 1 N–H and O–H groups in total. The van der Waals surface area contributed by atoms with Crippen LogP contribution in [-0.2, 0) is 0 Å². The van der Waals surface area contributed by atoms with Crippen molar-refractivity contribution in [1.82, 2.24) is 10.2 Å². The van der Waals surface area contributed by atoms with Crippen LogP contribution in [0.5, 0.6) is 0 Å². The smallest absolute Gasteiger partial charge is 0.0246 e. The first-order valence-electron chi connectivity index (χ1n) is 4.81. The van der Waals surface area contributed by atoms with Gasteiger partial charge in [-0.05, 0) is 45.8 Å². The van der Waals surface area contributed by atoms with Gasteiger partial charge in [0.15, 0.2) is 0 Å². The maximum absolute atomic E-state index is 3.61. The Morgan fingerprint density at radius 1 is 1.27 bits per heavy atom.